The van der Waals surface area contributed by atoms with Gasteiger partial charge in [-0.05, 0) is 29.6 Å². The molecule has 5 heteroatoms. The lowest BCUT2D eigenvalue weighted by atomic mass is 10.1. The number of hydrogen-bond acceptors (Lipinski definition) is 4. The van der Waals surface area contributed by atoms with Crippen LogP contribution in [0.15, 0.2) is 35.7 Å². The van der Waals surface area contributed by atoms with Crippen LogP contribution in [-0.4, -0.2) is 20.0 Å². The van der Waals surface area contributed by atoms with Gasteiger partial charge in [-0.15, -0.1) is 11.3 Å². The van der Waals surface area contributed by atoms with E-state index in [9.17, 15) is 4.79 Å². The van der Waals surface area contributed by atoms with E-state index in [1.54, 1.807) is 30.5 Å². The van der Waals surface area contributed by atoms with Crippen molar-refractivity contribution in [2.24, 2.45) is 0 Å². The minimum absolute atomic E-state index is 0.106. The minimum atomic E-state index is -0.106. The number of rotatable bonds is 4. The number of nitrogens with zero attached hydrogens (tertiary/aromatic N) is 1. The zero-order valence-electron chi connectivity index (χ0n) is 11.0. The molecule has 0 atom stereocenters. The van der Waals surface area contributed by atoms with Gasteiger partial charge < -0.3 is 16.0 Å². The van der Waals surface area contributed by atoms with Crippen molar-refractivity contribution in [1.29, 1.82) is 0 Å². The molecule has 3 N–H and O–H groups in total. The molecule has 2 rings (SSSR count). The number of nitrogens with two attached hydrogens (primary N) is 1. The van der Waals surface area contributed by atoms with Crippen molar-refractivity contribution in [3.8, 4) is 0 Å². The number of nitrogen functional groups attached to an aromatic ring is 1. The van der Waals surface area contributed by atoms with Crippen LogP contribution in [0.1, 0.15) is 15.2 Å². The van der Waals surface area contributed by atoms with Gasteiger partial charge in [-0.2, -0.15) is 0 Å². The Kier molecular flexibility index (Phi) is 4.06. The lowest BCUT2D eigenvalue weighted by molar-refractivity contribution is 0.0963. The van der Waals surface area contributed by atoms with Gasteiger partial charge in [-0.3, -0.25) is 4.79 Å². The largest absolute Gasteiger partial charge is 0.397 e. The fourth-order valence-electron chi connectivity index (χ4n) is 1.88. The first-order chi connectivity index (χ1) is 9.11. The second kappa shape index (κ2) is 5.75. The van der Waals surface area contributed by atoms with Crippen LogP contribution in [0.4, 0.5) is 11.4 Å². The standard InChI is InChI=1S/C14H17N3OS/c1-16-14(18)10-5-6-12(15)13(8-10)17(2)9-11-4-3-7-19-11/h3-8H,9,15H2,1-2H3,(H,16,18). The van der Waals surface area contributed by atoms with Gasteiger partial charge in [-0.25, -0.2) is 0 Å². The Labute approximate surface area is 116 Å². The zero-order valence-corrected chi connectivity index (χ0v) is 11.8. The van der Waals surface area contributed by atoms with Crippen LogP contribution < -0.4 is 16.0 Å². The van der Waals surface area contributed by atoms with Gasteiger partial charge in [-0.1, -0.05) is 6.07 Å². The third-order valence-electron chi connectivity index (χ3n) is 2.90. The molecule has 0 saturated heterocycles. The van der Waals surface area contributed by atoms with E-state index in [0.29, 0.717) is 11.3 Å². The molecule has 1 heterocycles. The van der Waals surface area contributed by atoms with Crippen LogP contribution in [-0.2, 0) is 6.54 Å². The van der Waals surface area contributed by atoms with Crippen LogP contribution in [0, 0.1) is 0 Å². The number of anilines is 2. The van der Waals surface area contributed by atoms with Gasteiger partial charge in [0.25, 0.3) is 5.91 Å². The summed E-state index contributed by atoms with van der Waals surface area (Å²) >= 11 is 1.71. The summed E-state index contributed by atoms with van der Waals surface area (Å²) in [5.74, 6) is -0.106. The van der Waals surface area contributed by atoms with E-state index in [-0.39, 0.29) is 5.91 Å². The molecule has 0 aliphatic rings. The number of hydrogen-bond donors (Lipinski definition) is 2. The van der Waals surface area contributed by atoms with E-state index >= 15 is 0 Å². The van der Waals surface area contributed by atoms with Crippen molar-refractivity contribution in [3.05, 3.63) is 46.2 Å². The van der Waals surface area contributed by atoms with Crippen molar-refractivity contribution < 1.29 is 4.79 Å². The van der Waals surface area contributed by atoms with E-state index in [4.69, 9.17) is 5.73 Å². The zero-order chi connectivity index (χ0) is 13.8. The Morgan fingerprint density at radius 2 is 2.21 bits per heavy atom. The summed E-state index contributed by atoms with van der Waals surface area (Å²) in [6, 6.07) is 9.43. The Hall–Kier alpha value is -2.01. The Morgan fingerprint density at radius 3 is 2.84 bits per heavy atom. The summed E-state index contributed by atoms with van der Waals surface area (Å²) in [5.41, 5.74) is 8.15. The molecule has 0 unspecified atom stereocenters. The summed E-state index contributed by atoms with van der Waals surface area (Å²) in [7, 11) is 3.59. The summed E-state index contributed by atoms with van der Waals surface area (Å²) in [5, 5.41) is 4.67. The monoisotopic (exact) mass is 275 g/mol. The summed E-state index contributed by atoms with van der Waals surface area (Å²) < 4.78 is 0. The Balaban J connectivity index is 2.25. The maximum Gasteiger partial charge on any atom is 0.251 e. The third kappa shape index (κ3) is 3.06. The molecule has 100 valence electrons. The highest BCUT2D eigenvalue weighted by Crippen LogP contribution is 2.25. The normalized spacial score (nSPS) is 10.2. The molecule has 19 heavy (non-hydrogen) atoms. The van der Waals surface area contributed by atoms with Crippen molar-refractivity contribution in [2.45, 2.75) is 6.54 Å². The molecular weight excluding hydrogens is 258 g/mol. The van der Waals surface area contributed by atoms with Gasteiger partial charge in [0.15, 0.2) is 0 Å². The molecule has 1 aromatic carbocycles. The molecule has 1 aromatic heterocycles. The summed E-state index contributed by atoms with van der Waals surface area (Å²) in [4.78, 5) is 15.0. The lowest BCUT2D eigenvalue weighted by Gasteiger charge is -2.21. The smallest absolute Gasteiger partial charge is 0.251 e. The first-order valence-electron chi connectivity index (χ1n) is 5.97. The van der Waals surface area contributed by atoms with E-state index in [0.717, 1.165) is 12.2 Å². The van der Waals surface area contributed by atoms with E-state index in [1.165, 1.54) is 4.88 Å². The summed E-state index contributed by atoms with van der Waals surface area (Å²) in [6.45, 7) is 0.777. The average Bonchev–Trinajstić information content (AvgIpc) is 2.91. The van der Waals surface area contributed by atoms with Crippen LogP contribution in [0.5, 0.6) is 0 Å². The Bertz CT molecular complexity index is 566. The van der Waals surface area contributed by atoms with Gasteiger partial charge >= 0.3 is 0 Å². The molecular formula is C14H17N3OS. The molecule has 0 saturated carbocycles. The van der Waals surface area contributed by atoms with Gasteiger partial charge in [0.1, 0.15) is 0 Å². The molecule has 1 amide bonds. The van der Waals surface area contributed by atoms with Crippen LogP contribution >= 0.6 is 11.3 Å². The molecule has 0 bridgehead atoms. The van der Waals surface area contributed by atoms with Crippen molar-refractivity contribution in [3.63, 3.8) is 0 Å². The highest BCUT2D eigenvalue weighted by molar-refractivity contribution is 7.09. The molecule has 0 spiro atoms. The third-order valence-corrected chi connectivity index (χ3v) is 3.77. The van der Waals surface area contributed by atoms with Gasteiger partial charge in [0.05, 0.1) is 17.9 Å². The number of thiophene rings is 1. The number of benzene rings is 1. The van der Waals surface area contributed by atoms with Crippen molar-refractivity contribution >= 4 is 28.6 Å². The van der Waals surface area contributed by atoms with E-state index < -0.39 is 0 Å². The van der Waals surface area contributed by atoms with E-state index in [1.807, 2.05) is 29.5 Å². The molecule has 4 nitrogen and oxygen atoms in total. The molecule has 0 aliphatic carbocycles. The highest BCUT2D eigenvalue weighted by Gasteiger charge is 2.11. The Morgan fingerprint density at radius 1 is 1.42 bits per heavy atom. The molecule has 0 fully saturated rings. The first-order valence-corrected chi connectivity index (χ1v) is 6.85. The van der Waals surface area contributed by atoms with Crippen LogP contribution in [0.2, 0.25) is 0 Å². The predicted octanol–water partition coefficient (Wildman–Crippen LogP) is 2.33. The second-order valence-corrected chi connectivity index (χ2v) is 5.32. The SMILES string of the molecule is CNC(=O)c1ccc(N)c(N(C)Cc2cccs2)c1. The fourth-order valence-corrected chi connectivity index (χ4v) is 2.64. The summed E-state index contributed by atoms with van der Waals surface area (Å²) in [6.07, 6.45) is 0. The number of nitrogens with one attached hydrogen (secondary N) is 1. The first kappa shape index (κ1) is 13.4. The topological polar surface area (TPSA) is 58.4 Å². The fraction of sp³-hybridized carbons (Fsp3) is 0.214. The van der Waals surface area contributed by atoms with Crippen LogP contribution in [0.3, 0.4) is 0 Å². The van der Waals surface area contributed by atoms with Crippen LogP contribution in [0.25, 0.3) is 0 Å². The predicted molar refractivity (Wildman–Crippen MR) is 80.7 cm³/mol. The second-order valence-electron chi connectivity index (χ2n) is 4.29. The lowest BCUT2D eigenvalue weighted by Crippen LogP contribution is -2.21. The molecule has 0 aliphatic heterocycles. The molecule has 0 radical (unpaired) electrons. The maximum atomic E-state index is 11.6. The van der Waals surface area contributed by atoms with Crippen molar-refractivity contribution in [2.75, 3.05) is 24.7 Å². The van der Waals surface area contributed by atoms with Gasteiger partial charge in [0.2, 0.25) is 0 Å². The highest BCUT2D eigenvalue weighted by atomic mass is 32.1. The van der Waals surface area contributed by atoms with Crippen molar-refractivity contribution in [1.82, 2.24) is 5.32 Å². The van der Waals surface area contributed by atoms with E-state index in [2.05, 4.69) is 11.4 Å². The quantitative estimate of drug-likeness (QED) is 0.842. The molecule has 2 aromatic rings. The minimum Gasteiger partial charge on any atom is -0.397 e. The number of carbonyl (C=O) groups is 1. The number of amides is 1. The number of carbonyl (C=O) groups excluding carboxylic acids is 1. The maximum absolute atomic E-state index is 11.6. The van der Waals surface area contributed by atoms with Gasteiger partial charge in [0, 0.05) is 24.5 Å². The average molecular weight is 275 g/mol.